The molecule has 0 heterocycles. The lowest BCUT2D eigenvalue weighted by Gasteiger charge is -1.97. The van der Waals surface area contributed by atoms with Gasteiger partial charge in [0.2, 0.25) is 0 Å². The number of hydrogen-bond donors (Lipinski definition) is 0. The molecule has 1 aromatic rings. The minimum atomic E-state index is -0.0221. The van der Waals surface area contributed by atoms with Crippen LogP contribution in [-0.4, -0.2) is 6.61 Å². The second kappa shape index (κ2) is 6.07. The Morgan fingerprint density at radius 3 is 2.64 bits per heavy atom. The molecule has 0 aliphatic rings. The SMILES string of the molecule is [O]CCC/C=C/c1ccc(Cl)c(Cl)c1. The summed E-state index contributed by atoms with van der Waals surface area (Å²) in [5.41, 5.74) is 1.00. The topological polar surface area (TPSA) is 19.9 Å². The Morgan fingerprint density at radius 1 is 1.21 bits per heavy atom. The van der Waals surface area contributed by atoms with E-state index >= 15 is 0 Å². The Hall–Kier alpha value is -0.500. The van der Waals surface area contributed by atoms with Crippen LogP contribution in [0.5, 0.6) is 0 Å². The van der Waals surface area contributed by atoms with Crippen LogP contribution in [0.3, 0.4) is 0 Å². The van der Waals surface area contributed by atoms with Crippen molar-refractivity contribution in [2.45, 2.75) is 12.8 Å². The van der Waals surface area contributed by atoms with Gasteiger partial charge in [0.05, 0.1) is 16.7 Å². The number of allylic oxidation sites excluding steroid dienone is 1. The third-order valence-electron chi connectivity index (χ3n) is 1.77. The average Bonchev–Trinajstić information content (AvgIpc) is 2.18. The van der Waals surface area contributed by atoms with E-state index in [1.807, 2.05) is 18.2 Å². The molecule has 0 atom stereocenters. The number of rotatable bonds is 4. The molecule has 0 aliphatic carbocycles. The van der Waals surface area contributed by atoms with Crippen LogP contribution in [0.4, 0.5) is 0 Å². The van der Waals surface area contributed by atoms with Gasteiger partial charge in [-0.2, -0.15) is 0 Å². The van der Waals surface area contributed by atoms with Crippen molar-refractivity contribution in [3.63, 3.8) is 0 Å². The predicted octanol–water partition coefficient (Wildman–Crippen LogP) is 4.22. The molecule has 0 aromatic heterocycles. The van der Waals surface area contributed by atoms with E-state index in [1.54, 1.807) is 12.1 Å². The minimum Gasteiger partial charge on any atom is -0.237 e. The van der Waals surface area contributed by atoms with Gasteiger partial charge in [-0.05, 0) is 30.5 Å². The molecule has 0 bridgehead atoms. The van der Waals surface area contributed by atoms with Crippen molar-refractivity contribution >= 4 is 29.3 Å². The van der Waals surface area contributed by atoms with Crippen LogP contribution >= 0.6 is 23.2 Å². The number of unbranched alkanes of at least 4 members (excludes halogenated alkanes) is 1. The average molecular weight is 230 g/mol. The van der Waals surface area contributed by atoms with Crippen LogP contribution in [0.2, 0.25) is 10.0 Å². The van der Waals surface area contributed by atoms with E-state index in [0.717, 1.165) is 12.0 Å². The van der Waals surface area contributed by atoms with Crippen molar-refractivity contribution in [1.82, 2.24) is 0 Å². The van der Waals surface area contributed by atoms with Gasteiger partial charge in [0.15, 0.2) is 0 Å². The zero-order valence-electron chi connectivity index (χ0n) is 7.67. The summed E-state index contributed by atoms with van der Waals surface area (Å²) in [4.78, 5) is 0. The number of hydrogen-bond acceptors (Lipinski definition) is 0. The summed E-state index contributed by atoms with van der Waals surface area (Å²) in [6, 6.07) is 5.46. The Kier molecular flexibility index (Phi) is 5.02. The molecule has 0 saturated carbocycles. The lowest BCUT2D eigenvalue weighted by molar-refractivity contribution is 0.190. The second-order valence-corrected chi connectivity index (χ2v) is 3.74. The summed E-state index contributed by atoms with van der Waals surface area (Å²) in [5, 5.41) is 11.3. The van der Waals surface area contributed by atoms with Gasteiger partial charge in [0.25, 0.3) is 0 Å². The van der Waals surface area contributed by atoms with Crippen LogP contribution in [-0.2, 0) is 5.11 Å². The van der Waals surface area contributed by atoms with Crippen molar-refractivity contribution in [1.29, 1.82) is 0 Å². The van der Waals surface area contributed by atoms with E-state index in [0.29, 0.717) is 16.5 Å². The van der Waals surface area contributed by atoms with Gasteiger partial charge in [-0.15, -0.1) is 0 Å². The molecule has 75 valence electrons. The first kappa shape index (κ1) is 11.6. The lowest BCUT2D eigenvalue weighted by atomic mass is 10.2. The maximum atomic E-state index is 10.2. The first-order valence-electron chi connectivity index (χ1n) is 4.43. The van der Waals surface area contributed by atoms with Crippen molar-refractivity contribution in [2.75, 3.05) is 6.61 Å². The van der Waals surface area contributed by atoms with E-state index in [-0.39, 0.29) is 6.61 Å². The molecule has 0 amide bonds. The van der Waals surface area contributed by atoms with Crippen molar-refractivity contribution in [3.05, 3.63) is 39.9 Å². The molecular formula is C11H11Cl2O. The van der Waals surface area contributed by atoms with Gasteiger partial charge >= 0.3 is 0 Å². The fourth-order valence-corrected chi connectivity index (χ4v) is 1.34. The highest BCUT2D eigenvalue weighted by Crippen LogP contribution is 2.23. The van der Waals surface area contributed by atoms with Gasteiger partial charge in [0, 0.05) is 0 Å². The van der Waals surface area contributed by atoms with Gasteiger partial charge in [-0.1, -0.05) is 41.4 Å². The predicted molar refractivity (Wildman–Crippen MR) is 60.3 cm³/mol. The maximum Gasteiger partial charge on any atom is 0.0825 e. The van der Waals surface area contributed by atoms with Crippen LogP contribution in [0, 0.1) is 0 Å². The molecule has 14 heavy (non-hydrogen) atoms. The van der Waals surface area contributed by atoms with Gasteiger partial charge in [-0.3, -0.25) is 0 Å². The fourth-order valence-electron chi connectivity index (χ4n) is 1.04. The molecule has 3 heteroatoms. The van der Waals surface area contributed by atoms with E-state index in [2.05, 4.69) is 0 Å². The fraction of sp³-hybridized carbons (Fsp3) is 0.273. The molecule has 0 spiro atoms. The molecule has 0 fully saturated rings. The first-order valence-corrected chi connectivity index (χ1v) is 5.19. The zero-order valence-corrected chi connectivity index (χ0v) is 9.18. The standard InChI is InChI=1S/C11H11Cl2O/c12-10-6-5-9(8-11(10)13)4-2-1-3-7-14/h2,4-6,8H,1,3,7H2/b4-2+. The highest BCUT2D eigenvalue weighted by Gasteiger charge is 1.95. The largest absolute Gasteiger partial charge is 0.237 e. The molecule has 1 aromatic carbocycles. The summed E-state index contributed by atoms with van der Waals surface area (Å²) in [5.74, 6) is 0. The van der Waals surface area contributed by atoms with E-state index in [4.69, 9.17) is 23.2 Å². The van der Waals surface area contributed by atoms with E-state index in [9.17, 15) is 5.11 Å². The summed E-state index contributed by atoms with van der Waals surface area (Å²) >= 11 is 11.6. The highest BCUT2D eigenvalue weighted by atomic mass is 35.5. The quantitative estimate of drug-likeness (QED) is 0.690. The normalized spacial score (nSPS) is 11.1. The monoisotopic (exact) mass is 229 g/mol. The van der Waals surface area contributed by atoms with Crippen LogP contribution in [0.15, 0.2) is 24.3 Å². The molecule has 0 saturated heterocycles. The van der Waals surface area contributed by atoms with Gasteiger partial charge in [-0.25, -0.2) is 5.11 Å². The molecule has 0 unspecified atom stereocenters. The van der Waals surface area contributed by atoms with Crippen LogP contribution in [0.25, 0.3) is 6.08 Å². The Bertz CT molecular complexity index is 321. The van der Waals surface area contributed by atoms with Crippen molar-refractivity contribution in [2.24, 2.45) is 0 Å². The van der Waals surface area contributed by atoms with E-state index < -0.39 is 0 Å². The smallest absolute Gasteiger partial charge is 0.0825 e. The molecular weight excluding hydrogens is 219 g/mol. The Morgan fingerprint density at radius 2 is 2.00 bits per heavy atom. The van der Waals surface area contributed by atoms with Crippen molar-refractivity contribution < 1.29 is 5.11 Å². The van der Waals surface area contributed by atoms with Crippen molar-refractivity contribution in [3.8, 4) is 0 Å². The molecule has 0 aliphatic heterocycles. The first-order chi connectivity index (χ1) is 6.74. The second-order valence-electron chi connectivity index (χ2n) is 2.92. The molecule has 0 N–H and O–H groups in total. The van der Waals surface area contributed by atoms with Crippen LogP contribution < -0.4 is 0 Å². The summed E-state index contributed by atoms with van der Waals surface area (Å²) in [7, 11) is 0. The summed E-state index contributed by atoms with van der Waals surface area (Å²) < 4.78 is 0. The van der Waals surface area contributed by atoms with Crippen LogP contribution in [0.1, 0.15) is 18.4 Å². The maximum absolute atomic E-state index is 10.2. The number of halogens is 2. The zero-order chi connectivity index (χ0) is 10.4. The summed E-state index contributed by atoms with van der Waals surface area (Å²) in [6.45, 7) is -0.0221. The highest BCUT2D eigenvalue weighted by molar-refractivity contribution is 6.42. The lowest BCUT2D eigenvalue weighted by Crippen LogP contribution is -1.77. The van der Waals surface area contributed by atoms with Gasteiger partial charge in [0.1, 0.15) is 0 Å². The Labute approximate surface area is 94.0 Å². The molecule has 1 rings (SSSR count). The van der Waals surface area contributed by atoms with E-state index in [1.165, 1.54) is 0 Å². The third kappa shape index (κ3) is 3.70. The number of benzene rings is 1. The minimum absolute atomic E-state index is 0.0221. The third-order valence-corrected chi connectivity index (χ3v) is 2.51. The molecule has 1 radical (unpaired) electrons. The summed E-state index contributed by atoms with van der Waals surface area (Å²) in [6.07, 6.45) is 5.40. The molecule has 1 nitrogen and oxygen atoms in total. The Balaban J connectivity index is 2.59. The van der Waals surface area contributed by atoms with Gasteiger partial charge < -0.3 is 0 Å².